The molecule has 116 valence electrons. The van der Waals surface area contributed by atoms with Crippen molar-refractivity contribution in [2.24, 2.45) is 4.99 Å². The molecule has 0 bridgehead atoms. The Hall–Kier alpha value is -0.490. The highest BCUT2D eigenvalue weighted by Crippen LogP contribution is 2.41. The van der Waals surface area contributed by atoms with Crippen LogP contribution in [0, 0.1) is 0 Å². The zero-order chi connectivity index (χ0) is 13.9. The monoisotopic (exact) mass is 419 g/mol. The van der Waals surface area contributed by atoms with Gasteiger partial charge in [0, 0.05) is 36.6 Å². The predicted molar refractivity (Wildman–Crippen MR) is 99.9 cm³/mol. The molecule has 1 saturated heterocycles. The lowest BCUT2D eigenvalue weighted by molar-refractivity contribution is 0.490. The quantitative estimate of drug-likeness (QED) is 0.457. The van der Waals surface area contributed by atoms with E-state index in [4.69, 9.17) is 11.6 Å². The fourth-order valence-corrected chi connectivity index (χ4v) is 3.14. The van der Waals surface area contributed by atoms with Crippen LogP contribution in [0.5, 0.6) is 0 Å². The van der Waals surface area contributed by atoms with E-state index < -0.39 is 0 Å². The number of nitrogens with one attached hydrogen (secondary N) is 1. The van der Waals surface area contributed by atoms with Crippen molar-refractivity contribution in [2.45, 2.75) is 38.1 Å². The molecule has 5 heteroatoms. The van der Waals surface area contributed by atoms with Crippen LogP contribution in [0.15, 0.2) is 29.3 Å². The lowest BCUT2D eigenvalue weighted by Gasteiger charge is -2.21. The molecule has 1 heterocycles. The van der Waals surface area contributed by atoms with Gasteiger partial charge >= 0.3 is 0 Å². The second kappa shape index (κ2) is 7.68. The third-order valence-electron chi connectivity index (χ3n) is 4.10. The van der Waals surface area contributed by atoms with Gasteiger partial charge in [0.2, 0.25) is 0 Å². The molecule has 0 spiro atoms. The van der Waals surface area contributed by atoms with E-state index in [0.717, 1.165) is 30.6 Å². The molecule has 2 atom stereocenters. The Balaban J connectivity index is 0.00000161. The summed E-state index contributed by atoms with van der Waals surface area (Å²) in [6.45, 7) is 5.22. The average Bonchev–Trinajstić information content (AvgIpc) is 2.99. The number of guanidine groups is 1. The molecule has 1 saturated carbocycles. The normalized spacial score (nSPS) is 24.7. The molecule has 2 aliphatic rings. The highest BCUT2D eigenvalue weighted by Gasteiger charge is 2.39. The molecule has 2 fully saturated rings. The Morgan fingerprint density at radius 3 is 2.81 bits per heavy atom. The first-order valence-corrected chi connectivity index (χ1v) is 7.97. The fraction of sp³-hybridized carbons (Fsp3) is 0.562. The van der Waals surface area contributed by atoms with Gasteiger partial charge in [-0.3, -0.25) is 4.99 Å². The molecule has 1 aliphatic heterocycles. The molecule has 0 amide bonds. The minimum absolute atomic E-state index is 0. The molecule has 1 N–H and O–H groups in total. The Morgan fingerprint density at radius 2 is 2.14 bits per heavy atom. The maximum Gasteiger partial charge on any atom is 0.194 e. The largest absolute Gasteiger partial charge is 0.353 e. The molecule has 1 aliphatic carbocycles. The van der Waals surface area contributed by atoms with E-state index in [-0.39, 0.29) is 24.0 Å². The Labute approximate surface area is 149 Å². The number of aliphatic imine (C=N–C) groups is 1. The average molecular weight is 420 g/mol. The summed E-state index contributed by atoms with van der Waals surface area (Å²) in [4.78, 5) is 7.02. The fourth-order valence-electron chi connectivity index (χ4n) is 2.94. The molecular formula is C16H23ClIN3. The van der Waals surface area contributed by atoms with Crippen molar-refractivity contribution in [1.82, 2.24) is 10.2 Å². The SMILES string of the molecule is CCN=C(NC1CC1c1cccc(Cl)c1)N1CCCC1.I. The van der Waals surface area contributed by atoms with Gasteiger partial charge in [-0.15, -0.1) is 24.0 Å². The van der Waals surface area contributed by atoms with Crippen LogP contribution < -0.4 is 5.32 Å². The molecule has 3 rings (SSSR count). The van der Waals surface area contributed by atoms with Crippen LogP contribution >= 0.6 is 35.6 Å². The number of halogens is 2. The molecule has 1 aromatic rings. The van der Waals surface area contributed by atoms with Crippen LogP contribution in [0.2, 0.25) is 5.02 Å². The molecule has 21 heavy (non-hydrogen) atoms. The summed E-state index contributed by atoms with van der Waals surface area (Å²) < 4.78 is 0. The summed E-state index contributed by atoms with van der Waals surface area (Å²) in [5, 5.41) is 4.46. The van der Waals surface area contributed by atoms with Crippen LogP contribution in [0.1, 0.15) is 37.7 Å². The maximum atomic E-state index is 6.07. The highest BCUT2D eigenvalue weighted by atomic mass is 127. The van der Waals surface area contributed by atoms with Crippen LogP contribution in [-0.2, 0) is 0 Å². The second-order valence-corrected chi connectivity index (χ2v) is 6.08. The summed E-state index contributed by atoms with van der Waals surface area (Å²) in [7, 11) is 0. The van der Waals surface area contributed by atoms with E-state index in [1.165, 1.54) is 24.8 Å². The van der Waals surface area contributed by atoms with Crippen LogP contribution in [-0.4, -0.2) is 36.5 Å². The number of hydrogen-bond donors (Lipinski definition) is 1. The number of rotatable bonds is 3. The minimum Gasteiger partial charge on any atom is -0.353 e. The third-order valence-corrected chi connectivity index (χ3v) is 4.33. The van der Waals surface area contributed by atoms with Gasteiger partial charge in [-0.25, -0.2) is 0 Å². The minimum atomic E-state index is 0. The van der Waals surface area contributed by atoms with Gasteiger partial charge in [0.1, 0.15) is 0 Å². The van der Waals surface area contributed by atoms with Crippen molar-refractivity contribution in [3.8, 4) is 0 Å². The van der Waals surface area contributed by atoms with E-state index in [9.17, 15) is 0 Å². The zero-order valence-corrected chi connectivity index (χ0v) is 15.5. The molecule has 0 radical (unpaired) electrons. The summed E-state index contributed by atoms with van der Waals surface area (Å²) in [6, 6.07) is 8.74. The van der Waals surface area contributed by atoms with Gasteiger partial charge in [-0.1, -0.05) is 23.7 Å². The van der Waals surface area contributed by atoms with Crippen LogP contribution in [0.3, 0.4) is 0 Å². The lowest BCUT2D eigenvalue weighted by atomic mass is 10.1. The molecule has 0 aromatic heterocycles. The summed E-state index contributed by atoms with van der Waals surface area (Å²) in [5.74, 6) is 1.68. The number of benzene rings is 1. The van der Waals surface area contributed by atoms with Gasteiger partial charge in [-0.05, 0) is 43.9 Å². The van der Waals surface area contributed by atoms with E-state index in [1.807, 2.05) is 12.1 Å². The summed E-state index contributed by atoms with van der Waals surface area (Å²) >= 11 is 6.07. The lowest BCUT2D eigenvalue weighted by Crippen LogP contribution is -2.41. The van der Waals surface area contributed by atoms with Gasteiger partial charge < -0.3 is 10.2 Å². The molecule has 1 aromatic carbocycles. The third kappa shape index (κ3) is 4.25. The van der Waals surface area contributed by atoms with Crippen molar-refractivity contribution < 1.29 is 0 Å². The topological polar surface area (TPSA) is 27.6 Å². The predicted octanol–water partition coefficient (Wildman–Crippen LogP) is 3.88. The number of hydrogen-bond acceptors (Lipinski definition) is 1. The first-order chi connectivity index (χ1) is 9.78. The smallest absolute Gasteiger partial charge is 0.194 e. The summed E-state index contributed by atoms with van der Waals surface area (Å²) in [6.07, 6.45) is 3.75. The van der Waals surface area contributed by atoms with E-state index in [1.54, 1.807) is 0 Å². The van der Waals surface area contributed by atoms with Crippen LogP contribution in [0.4, 0.5) is 0 Å². The molecular weight excluding hydrogens is 397 g/mol. The van der Waals surface area contributed by atoms with Crippen molar-refractivity contribution >= 4 is 41.5 Å². The Bertz CT molecular complexity index is 500. The Morgan fingerprint density at radius 1 is 1.38 bits per heavy atom. The molecule has 2 unspecified atom stereocenters. The van der Waals surface area contributed by atoms with Gasteiger partial charge in [0.05, 0.1) is 0 Å². The zero-order valence-electron chi connectivity index (χ0n) is 12.4. The van der Waals surface area contributed by atoms with E-state index in [2.05, 4.69) is 34.3 Å². The number of nitrogens with zero attached hydrogens (tertiary/aromatic N) is 2. The maximum absolute atomic E-state index is 6.07. The summed E-state index contributed by atoms with van der Waals surface area (Å²) in [5.41, 5.74) is 1.34. The van der Waals surface area contributed by atoms with Gasteiger partial charge in [0.15, 0.2) is 5.96 Å². The Kier molecular flexibility index (Phi) is 6.17. The highest BCUT2D eigenvalue weighted by molar-refractivity contribution is 14.0. The van der Waals surface area contributed by atoms with Crippen molar-refractivity contribution in [3.05, 3.63) is 34.9 Å². The van der Waals surface area contributed by atoms with Crippen molar-refractivity contribution in [2.75, 3.05) is 19.6 Å². The van der Waals surface area contributed by atoms with E-state index in [0.29, 0.717) is 12.0 Å². The van der Waals surface area contributed by atoms with Crippen molar-refractivity contribution in [3.63, 3.8) is 0 Å². The van der Waals surface area contributed by atoms with Crippen molar-refractivity contribution in [1.29, 1.82) is 0 Å². The van der Waals surface area contributed by atoms with E-state index >= 15 is 0 Å². The first kappa shape index (κ1) is 16.9. The second-order valence-electron chi connectivity index (χ2n) is 5.64. The van der Waals surface area contributed by atoms with Crippen LogP contribution in [0.25, 0.3) is 0 Å². The molecule has 3 nitrogen and oxygen atoms in total. The van der Waals surface area contributed by atoms with Gasteiger partial charge in [-0.2, -0.15) is 0 Å². The standard InChI is InChI=1S/C16H22ClN3.HI/c1-2-18-16(20-8-3-4-9-20)19-15-11-14(15)12-6-5-7-13(17)10-12;/h5-7,10,14-15H,2-4,8-9,11H2,1H3,(H,18,19);1H. The number of likely N-dealkylation sites (tertiary alicyclic amines) is 1. The van der Waals surface area contributed by atoms with Gasteiger partial charge in [0.25, 0.3) is 0 Å². The first-order valence-electron chi connectivity index (χ1n) is 7.59.